The number of hydrogen-bond acceptors (Lipinski definition) is 6. The van der Waals surface area contributed by atoms with Crippen LogP contribution in [0.5, 0.6) is 0 Å². The molecule has 1 unspecified atom stereocenters. The molecule has 3 aromatic rings. The van der Waals surface area contributed by atoms with E-state index in [9.17, 15) is 9.59 Å². The lowest BCUT2D eigenvalue weighted by atomic mass is 9.85. The number of ether oxygens (including phenoxy) is 1. The van der Waals surface area contributed by atoms with Gasteiger partial charge in [0.1, 0.15) is 17.7 Å². The number of rotatable bonds is 3. The van der Waals surface area contributed by atoms with Gasteiger partial charge in [-0.2, -0.15) is 14.6 Å². The molecule has 2 fully saturated rings. The van der Waals surface area contributed by atoms with E-state index in [1.807, 2.05) is 30.3 Å². The third-order valence-electron chi connectivity index (χ3n) is 5.72. The molecule has 2 aromatic heterocycles. The lowest BCUT2D eigenvalue weighted by Gasteiger charge is -2.28. The zero-order valence-corrected chi connectivity index (χ0v) is 15.2. The summed E-state index contributed by atoms with van der Waals surface area (Å²) < 4.78 is 7.13. The van der Waals surface area contributed by atoms with Gasteiger partial charge >= 0.3 is 5.97 Å². The third kappa shape index (κ3) is 2.64. The quantitative estimate of drug-likeness (QED) is 0.705. The molecular formula is C20H19N5O3. The van der Waals surface area contributed by atoms with Gasteiger partial charge in [-0.25, -0.2) is 4.98 Å². The highest BCUT2D eigenvalue weighted by Crippen LogP contribution is 2.46. The Bertz CT molecular complexity index is 1060. The molecule has 1 aromatic carbocycles. The SMILES string of the molecule is O=C1CC(C(=O)Nc2c(-c3ccccc3)cnc3ncnn23)C2(CCCC2)O1. The maximum absolute atomic E-state index is 13.2. The minimum atomic E-state index is -0.664. The molecule has 8 nitrogen and oxygen atoms in total. The average molecular weight is 377 g/mol. The summed E-state index contributed by atoms with van der Waals surface area (Å²) >= 11 is 0. The fourth-order valence-corrected chi connectivity index (χ4v) is 4.38. The van der Waals surface area contributed by atoms with Crippen molar-refractivity contribution in [3.8, 4) is 11.1 Å². The number of nitrogens with one attached hydrogen (secondary N) is 1. The lowest BCUT2D eigenvalue weighted by Crippen LogP contribution is -2.40. The highest BCUT2D eigenvalue weighted by molar-refractivity contribution is 5.99. The number of fused-ring (bicyclic) bond motifs is 1. The Morgan fingerprint density at radius 2 is 1.96 bits per heavy atom. The van der Waals surface area contributed by atoms with Crippen LogP contribution >= 0.6 is 0 Å². The molecule has 1 saturated heterocycles. The van der Waals surface area contributed by atoms with Gasteiger partial charge in [0.15, 0.2) is 0 Å². The van der Waals surface area contributed by atoms with Crippen LogP contribution in [0, 0.1) is 5.92 Å². The molecule has 8 heteroatoms. The van der Waals surface area contributed by atoms with Crippen LogP contribution in [0.2, 0.25) is 0 Å². The second-order valence-electron chi connectivity index (χ2n) is 7.35. The van der Waals surface area contributed by atoms with E-state index in [-0.39, 0.29) is 18.3 Å². The molecule has 1 N–H and O–H groups in total. The number of anilines is 1. The summed E-state index contributed by atoms with van der Waals surface area (Å²) in [6.45, 7) is 0. The normalized spacial score (nSPS) is 20.6. The molecule has 1 aliphatic heterocycles. The predicted molar refractivity (Wildman–Crippen MR) is 100 cm³/mol. The number of amides is 1. The number of carbonyl (C=O) groups excluding carboxylic acids is 2. The van der Waals surface area contributed by atoms with Gasteiger partial charge < -0.3 is 10.1 Å². The van der Waals surface area contributed by atoms with E-state index in [0.717, 1.165) is 36.8 Å². The Kier molecular flexibility index (Phi) is 3.85. The summed E-state index contributed by atoms with van der Waals surface area (Å²) in [4.78, 5) is 33.7. The maximum Gasteiger partial charge on any atom is 0.307 e. The lowest BCUT2D eigenvalue weighted by molar-refractivity contribution is -0.149. The number of nitrogens with zero attached hydrogens (tertiary/aromatic N) is 4. The van der Waals surface area contributed by atoms with Crippen molar-refractivity contribution in [2.45, 2.75) is 37.7 Å². The van der Waals surface area contributed by atoms with E-state index in [4.69, 9.17) is 4.74 Å². The number of aromatic nitrogens is 4. The van der Waals surface area contributed by atoms with Crippen LogP contribution in [-0.4, -0.2) is 37.1 Å². The van der Waals surface area contributed by atoms with Crippen LogP contribution in [0.4, 0.5) is 5.82 Å². The summed E-state index contributed by atoms with van der Waals surface area (Å²) in [7, 11) is 0. The fourth-order valence-electron chi connectivity index (χ4n) is 4.38. The molecule has 0 bridgehead atoms. The van der Waals surface area contributed by atoms with Crippen molar-refractivity contribution in [1.82, 2.24) is 19.6 Å². The molecule has 1 spiro atoms. The predicted octanol–water partition coefficient (Wildman–Crippen LogP) is 2.61. The van der Waals surface area contributed by atoms with Crippen LogP contribution in [-0.2, 0) is 14.3 Å². The summed E-state index contributed by atoms with van der Waals surface area (Å²) in [6, 6.07) is 9.65. The Hall–Kier alpha value is -3.29. The standard InChI is InChI=1S/C20H19N5O3/c26-16-10-15(20(28-16)8-4-5-9-20)18(27)24-17-14(13-6-2-1-3-7-13)11-21-19-22-12-23-25(17)19/h1-3,6-7,11-12,15H,4-5,8-10H2,(H,24,27). The third-order valence-corrected chi connectivity index (χ3v) is 5.72. The largest absolute Gasteiger partial charge is 0.458 e. The van der Waals surface area contributed by atoms with Crippen LogP contribution in [0.3, 0.4) is 0 Å². The number of carbonyl (C=O) groups is 2. The van der Waals surface area contributed by atoms with Gasteiger partial charge in [-0.05, 0) is 31.2 Å². The van der Waals surface area contributed by atoms with E-state index in [0.29, 0.717) is 11.6 Å². The first kappa shape index (κ1) is 16.9. The van der Waals surface area contributed by atoms with Gasteiger partial charge in [0.25, 0.3) is 5.78 Å². The Labute approximate surface area is 160 Å². The van der Waals surface area contributed by atoms with E-state index >= 15 is 0 Å². The van der Waals surface area contributed by atoms with Crippen molar-refractivity contribution in [2.75, 3.05) is 5.32 Å². The highest BCUT2D eigenvalue weighted by Gasteiger charge is 2.54. The summed E-state index contributed by atoms with van der Waals surface area (Å²) in [5.74, 6) is -0.146. The Morgan fingerprint density at radius 3 is 2.75 bits per heavy atom. The second kappa shape index (κ2) is 6.40. The van der Waals surface area contributed by atoms with Crippen molar-refractivity contribution in [3.05, 3.63) is 42.9 Å². The van der Waals surface area contributed by atoms with E-state index in [1.165, 1.54) is 10.8 Å². The van der Waals surface area contributed by atoms with Crippen molar-refractivity contribution in [1.29, 1.82) is 0 Å². The molecule has 142 valence electrons. The summed E-state index contributed by atoms with van der Waals surface area (Å²) in [5, 5.41) is 7.22. The molecule has 1 saturated carbocycles. The minimum Gasteiger partial charge on any atom is -0.458 e. The van der Waals surface area contributed by atoms with Gasteiger partial charge in [-0.1, -0.05) is 30.3 Å². The van der Waals surface area contributed by atoms with Crippen molar-refractivity contribution < 1.29 is 14.3 Å². The molecule has 28 heavy (non-hydrogen) atoms. The number of benzene rings is 1. The van der Waals surface area contributed by atoms with E-state index in [1.54, 1.807) is 6.20 Å². The van der Waals surface area contributed by atoms with Gasteiger partial charge in [-0.15, -0.1) is 0 Å². The topological polar surface area (TPSA) is 98.5 Å². The number of esters is 1. The zero-order chi connectivity index (χ0) is 19.1. The van der Waals surface area contributed by atoms with Crippen LogP contribution in [0.25, 0.3) is 16.9 Å². The van der Waals surface area contributed by atoms with Crippen LogP contribution < -0.4 is 5.32 Å². The molecule has 0 radical (unpaired) electrons. The van der Waals surface area contributed by atoms with Crippen molar-refractivity contribution in [3.63, 3.8) is 0 Å². The van der Waals surface area contributed by atoms with Crippen LogP contribution in [0.15, 0.2) is 42.9 Å². The smallest absolute Gasteiger partial charge is 0.307 e. The van der Waals surface area contributed by atoms with Crippen molar-refractivity contribution in [2.24, 2.45) is 5.92 Å². The molecule has 2 aliphatic rings. The van der Waals surface area contributed by atoms with E-state index in [2.05, 4.69) is 20.4 Å². The molecule has 1 amide bonds. The van der Waals surface area contributed by atoms with Gasteiger partial charge in [0, 0.05) is 11.8 Å². The van der Waals surface area contributed by atoms with Crippen LogP contribution in [0.1, 0.15) is 32.1 Å². The molecule has 3 heterocycles. The average Bonchev–Trinajstić information content (AvgIpc) is 3.43. The first-order chi connectivity index (χ1) is 13.7. The fraction of sp³-hybridized carbons (Fsp3) is 0.350. The monoisotopic (exact) mass is 377 g/mol. The molecular weight excluding hydrogens is 358 g/mol. The zero-order valence-electron chi connectivity index (χ0n) is 15.2. The Morgan fingerprint density at radius 1 is 1.18 bits per heavy atom. The Balaban J connectivity index is 1.55. The van der Waals surface area contributed by atoms with E-state index < -0.39 is 11.5 Å². The summed E-state index contributed by atoms with van der Waals surface area (Å²) in [5.41, 5.74) is 0.970. The van der Waals surface area contributed by atoms with Gasteiger partial charge in [0.05, 0.1) is 12.3 Å². The second-order valence-corrected chi connectivity index (χ2v) is 7.35. The van der Waals surface area contributed by atoms with Crippen molar-refractivity contribution >= 4 is 23.5 Å². The first-order valence-corrected chi connectivity index (χ1v) is 9.43. The molecule has 1 aliphatic carbocycles. The van der Waals surface area contributed by atoms with Gasteiger partial charge in [0.2, 0.25) is 5.91 Å². The maximum atomic E-state index is 13.2. The van der Waals surface area contributed by atoms with Gasteiger partial charge in [-0.3, -0.25) is 9.59 Å². The first-order valence-electron chi connectivity index (χ1n) is 9.43. The summed E-state index contributed by atoms with van der Waals surface area (Å²) in [6.07, 6.45) is 6.58. The molecule has 5 rings (SSSR count). The highest BCUT2D eigenvalue weighted by atomic mass is 16.6. The minimum absolute atomic E-state index is 0.109. The molecule has 1 atom stereocenters. The number of hydrogen-bond donors (Lipinski definition) is 1.